The number of aromatic amines is 2. The van der Waals surface area contributed by atoms with Gasteiger partial charge in [0.1, 0.15) is 11.7 Å². The van der Waals surface area contributed by atoms with Crippen molar-refractivity contribution in [1.29, 1.82) is 0 Å². The standard InChI is InChI=1S/C6H5N3.C3H2F3N3O/c1-2-4-6-5(3-1)7-9-8-6;4-3(5,6)10-2-1-7-9-8-2/h1-4H,(H,7,8,9);1H,(H,7,8,9). The number of aromatic nitrogens is 6. The monoisotopic (exact) mass is 272 g/mol. The molecule has 0 saturated heterocycles. The number of hydrogen-bond acceptors (Lipinski definition) is 5. The van der Waals surface area contributed by atoms with Crippen molar-refractivity contribution in [1.82, 2.24) is 30.8 Å². The summed E-state index contributed by atoms with van der Waals surface area (Å²) in [5, 5.41) is 18.2. The summed E-state index contributed by atoms with van der Waals surface area (Å²) in [7, 11) is 0. The lowest BCUT2D eigenvalue weighted by Gasteiger charge is -2.03. The number of hydrogen-bond donors (Lipinski definition) is 2. The van der Waals surface area contributed by atoms with Crippen LogP contribution >= 0.6 is 0 Å². The number of rotatable bonds is 1. The average molecular weight is 272 g/mol. The first-order chi connectivity index (χ1) is 9.04. The van der Waals surface area contributed by atoms with Gasteiger partial charge >= 0.3 is 6.36 Å². The van der Waals surface area contributed by atoms with Gasteiger partial charge in [-0.25, -0.2) is 5.10 Å². The molecule has 0 fully saturated rings. The summed E-state index contributed by atoms with van der Waals surface area (Å²) in [6.07, 6.45) is -3.86. The van der Waals surface area contributed by atoms with E-state index in [1.807, 2.05) is 29.4 Å². The van der Waals surface area contributed by atoms with Gasteiger partial charge in [-0.3, -0.25) is 5.10 Å². The molecule has 1 aromatic carbocycles. The van der Waals surface area contributed by atoms with E-state index in [1.54, 1.807) is 0 Å². The van der Waals surface area contributed by atoms with E-state index in [-0.39, 0.29) is 0 Å². The van der Waals surface area contributed by atoms with Crippen molar-refractivity contribution in [3.63, 3.8) is 0 Å². The summed E-state index contributed by atoms with van der Waals surface area (Å²) in [6.45, 7) is 0. The van der Waals surface area contributed by atoms with Crippen LogP contribution in [0.1, 0.15) is 0 Å². The lowest BCUT2D eigenvalue weighted by Crippen LogP contribution is -2.17. The molecule has 0 radical (unpaired) electrons. The molecule has 0 amide bonds. The molecule has 100 valence electrons. The first-order valence-electron chi connectivity index (χ1n) is 4.92. The lowest BCUT2D eigenvalue weighted by atomic mass is 10.3. The zero-order valence-corrected chi connectivity index (χ0v) is 9.22. The van der Waals surface area contributed by atoms with E-state index < -0.39 is 12.2 Å². The van der Waals surface area contributed by atoms with E-state index in [1.165, 1.54) is 0 Å². The summed E-state index contributed by atoms with van der Waals surface area (Å²) in [5.41, 5.74) is 1.90. The van der Waals surface area contributed by atoms with E-state index in [0.29, 0.717) is 0 Å². The zero-order valence-electron chi connectivity index (χ0n) is 9.22. The number of halogens is 3. The van der Waals surface area contributed by atoms with E-state index >= 15 is 0 Å². The molecule has 3 rings (SSSR count). The number of nitrogens with zero attached hydrogens (tertiary/aromatic N) is 4. The van der Waals surface area contributed by atoms with Gasteiger partial charge in [-0.05, 0) is 12.1 Å². The van der Waals surface area contributed by atoms with Gasteiger partial charge in [0.15, 0.2) is 0 Å². The van der Waals surface area contributed by atoms with Crippen molar-refractivity contribution in [2.45, 2.75) is 6.36 Å². The molecule has 0 atom stereocenters. The van der Waals surface area contributed by atoms with Crippen molar-refractivity contribution in [2.75, 3.05) is 0 Å². The fourth-order valence-corrected chi connectivity index (χ4v) is 1.15. The van der Waals surface area contributed by atoms with Gasteiger partial charge in [0.2, 0.25) is 5.88 Å². The second kappa shape index (κ2) is 5.33. The van der Waals surface area contributed by atoms with Crippen molar-refractivity contribution in [2.24, 2.45) is 0 Å². The van der Waals surface area contributed by atoms with Crippen LogP contribution in [0.5, 0.6) is 5.88 Å². The Morgan fingerprint density at radius 3 is 2.47 bits per heavy atom. The third-order valence-electron chi connectivity index (χ3n) is 1.85. The quantitative estimate of drug-likeness (QED) is 0.702. The maximum atomic E-state index is 11.3. The van der Waals surface area contributed by atoms with Gasteiger partial charge in [-0.15, -0.1) is 23.4 Å². The SMILES string of the molecule is FC(F)(F)Oc1cnn[nH]1.c1ccc2[nH]nnc2c1. The fraction of sp³-hybridized carbons (Fsp3) is 0.111. The van der Waals surface area contributed by atoms with Gasteiger partial charge in [-0.2, -0.15) is 0 Å². The summed E-state index contributed by atoms with van der Waals surface area (Å²) < 4.78 is 37.3. The van der Waals surface area contributed by atoms with E-state index in [2.05, 4.69) is 30.5 Å². The molecule has 7 nitrogen and oxygen atoms in total. The third-order valence-corrected chi connectivity index (χ3v) is 1.85. The van der Waals surface area contributed by atoms with Crippen LogP contribution in [-0.4, -0.2) is 37.2 Å². The number of para-hydroxylation sites is 1. The zero-order chi connectivity index (χ0) is 13.7. The smallest absolute Gasteiger partial charge is 0.387 e. The minimum Gasteiger partial charge on any atom is -0.387 e. The van der Waals surface area contributed by atoms with Crippen molar-refractivity contribution < 1.29 is 17.9 Å². The minimum absolute atomic E-state index is 0.521. The molecule has 0 aliphatic heterocycles. The molecule has 0 bridgehead atoms. The summed E-state index contributed by atoms with van der Waals surface area (Å²) in [4.78, 5) is 0. The van der Waals surface area contributed by atoms with Crippen LogP contribution in [0.4, 0.5) is 13.2 Å². The average Bonchev–Trinajstić information content (AvgIpc) is 2.97. The predicted molar refractivity (Wildman–Crippen MR) is 57.0 cm³/mol. The van der Waals surface area contributed by atoms with Crippen molar-refractivity contribution >= 4 is 11.0 Å². The molecule has 10 heteroatoms. The van der Waals surface area contributed by atoms with E-state index in [9.17, 15) is 13.2 Å². The van der Waals surface area contributed by atoms with Crippen molar-refractivity contribution in [3.8, 4) is 5.88 Å². The molecule has 0 aliphatic carbocycles. The van der Waals surface area contributed by atoms with Crippen LogP contribution in [-0.2, 0) is 0 Å². The Labute approximate surface area is 103 Å². The second-order valence-corrected chi connectivity index (χ2v) is 3.20. The molecular formula is C9H7F3N6O. The highest BCUT2D eigenvalue weighted by Gasteiger charge is 2.31. The number of nitrogens with one attached hydrogen (secondary N) is 2. The van der Waals surface area contributed by atoms with E-state index in [4.69, 9.17) is 0 Å². The predicted octanol–water partition coefficient (Wildman–Crippen LogP) is 1.66. The molecule has 0 unspecified atom stereocenters. The molecule has 2 N–H and O–H groups in total. The van der Waals surface area contributed by atoms with Gasteiger partial charge in [0.05, 0.1) is 5.52 Å². The largest absolute Gasteiger partial charge is 0.574 e. The molecule has 2 heterocycles. The Bertz CT molecular complexity index is 590. The highest BCUT2D eigenvalue weighted by Crippen LogP contribution is 2.18. The minimum atomic E-state index is -4.69. The number of benzene rings is 1. The topological polar surface area (TPSA) is 92.4 Å². The highest BCUT2D eigenvalue weighted by molar-refractivity contribution is 5.72. The van der Waals surface area contributed by atoms with Gasteiger partial charge in [-0.1, -0.05) is 22.6 Å². The summed E-state index contributed by atoms with van der Waals surface area (Å²) in [6, 6.07) is 7.74. The van der Waals surface area contributed by atoms with Crippen LogP contribution in [0.3, 0.4) is 0 Å². The Balaban J connectivity index is 0.000000141. The second-order valence-electron chi connectivity index (χ2n) is 3.20. The van der Waals surface area contributed by atoms with Crippen LogP contribution in [0.2, 0.25) is 0 Å². The molecule has 0 spiro atoms. The van der Waals surface area contributed by atoms with Crippen LogP contribution in [0.15, 0.2) is 30.5 Å². The Morgan fingerprint density at radius 2 is 1.84 bits per heavy atom. The van der Waals surface area contributed by atoms with Gasteiger partial charge in [0, 0.05) is 0 Å². The van der Waals surface area contributed by atoms with Gasteiger partial charge in [0.25, 0.3) is 0 Å². The normalized spacial score (nSPS) is 10.9. The molecule has 0 aliphatic rings. The fourth-order valence-electron chi connectivity index (χ4n) is 1.15. The Hall–Kier alpha value is -2.65. The van der Waals surface area contributed by atoms with Gasteiger partial charge < -0.3 is 4.74 Å². The molecule has 3 aromatic rings. The maximum Gasteiger partial charge on any atom is 0.574 e. The Kier molecular flexibility index (Phi) is 3.59. The molecule has 19 heavy (non-hydrogen) atoms. The van der Waals surface area contributed by atoms with Crippen LogP contribution < -0.4 is 4.74 Å². The van der Waals surface area contributed by atoms with E-state index in [0.717, 1.165) is 17.2 Å². The van der Waals surface area contributed by atoms with Crippen LogP contribution in [0.25, 0.3) is 11.0 Å². The number of H-pyrrole nitrogens is 2. The van der Waals surface area contributed by atoms with Crippen LogP contribution in [0, 0.1) is 0 Å². The summed E-state index contributed by atoms with van der Waals surface area (Å²) >= 11 is 0. The number of fused-ring (bicyclic) bond motifs is 1. The molecule has 0 saturated carbocycles. The summed E-state index contributed by atoms with van der Waals surface area (Å²) in [5.74, 6) is -0.521. The Morgan fingerprint density at radius 1 is 1.05 bits per heavy atom. The number of alkyl halides is 3. The highest BCUT2D eigenvalue weighted by atomic mass is 19.4. The van der Waals surface area contributed by atoms with Crippen molar-refractivity contribution in [3.05, 3.63) is 30.5 Å². The first-order valence-corrected chi connectivity index (χ1v) is 4.92. The number of ether oxygens (including phenoxy) is 1. The molecular weight excluding hydrogens is 265 g/mol. The lowest BCUT2D eigenvalue weighted by molar-refractivity contribution is -0.276. The maximum absolute atomic E-state index is 11.3. The first kappa shape index (κ1) is 12.8. The third kappa shape index (κ3) is 3.94. The molecule has 2 aromatic heterocycles.